The second-order valence-electron chi connectivity index (χ2n) is 2.64. The maximum atomic E-state index is 10.1. The largest absolute Gasteiger partial charge is 0.481 e. The molecule has 0 aliphatic heterocycles. The van der Waals surface area contributed by atoms with Crippen LogP contribution in [0, 0.1) is 0 Å². The molecule has 0 rings (SSSR count). The summed E-state index contributed by atoms with van der Waals surface area (Å²) in [7, 11) is 3.21. The number of carboxylic acids is 2. The maximum absolute atomic E-state index is 10.1. The Balaban J connectivity index is 2.99. The normalized spacial score (nSPS) is 10.0. The molecule has 82 valence electrons. The van der Waals surface area contributed by atoms with Gasteiger partial charge in [-0.15, -0.1) is 0 Å². The van der Waals surface area contributed by atoms with Crippen LogP contribution in [0.1, 0.15) is 25.7 Å². The molecular formula is C8H14O4S2. The van der Waals surface area contributed by atoms with Crippen molar-refractivity contribution in [2.45, 2.75) is 25.7 Å². The third-order valence-electron chi connectivity index (χ3n) is 1.32. The molecule has 0 heterocycles. The molecule has 0 aromatic heterocycles. The summed E-state index contributed by atoms with van der Waals surface area (Å²) in [5.41, 5.74) is 0. The number of rotatable bonds is 9. The monoisotopic (exact) mass is 238 g/mol. The SMILES string of the molecule is O=C(O)CCCSSCCCC(=O)O. The molecular weight excluding hydrogens is 224 g/mol. The molecule has 0 amide bonds. The van der Waals surface area contributed by atoms with Crippen molar-refractivity contribution in [2.75, 3.05) is 11.5 Å². The van der Waals surface area contributed by atoms with Crippen molar-refractivity contribution in [1.29, 1.82) is 0 Å². The van der Waals surface area contributed by atoms with Crippen molar-refractivity contribution in [1.82, 2.24) is 0 Å². The third kappa shape index (κ3) is 11.6. The topological polar surface area (TPSA) is 74.6 Å². The van der Waals surface area contributed by atoms with Crippen LogP contribution >= 0.6 is 21.6 Å². The predicted octanol–water partition coefficient (Wildman–Crippen LogP) is 2.10. The highest BCUT2D eigenvalue weighted by Crippen LogP contribution is 2.23. The van der Waals surface area contributed by atoms with Gasteiger partial charge in [-0.25, -0.2) is 0 Å². The van der Waals surface area contributed by atoms with E-state index in [4.69, 9.17) is 10.2 Å². The van der Waals surface area contributed by atoms with E-state index in [-0.39, 0.29) is 12.8 Å². The van der Waals surface area contributed by atoms with E-state index in [9.17, 15) is 9.59 Å². The average molecular weight is 238 g/mol. The Kier molecular flexibility index (Phi) is 8.97. The molecule has 0 saturated heterocycles. The minimum absolute atomic E-state index is 0.211. The fraction of sp³-hybridized carbons (Fsp3) is 0.750. The summed E-state index contributed by atoms with van der Waals surface area (Å²) in [5, 5.41) is 16.7. The Bertz CT molecular complexity index is 164. The first-order chi connectivity index (χ1) is 6.63. The summed E-state index contributed by atoms with van der Waals surface area (Å²) in [6.07, 6.45) is 1.77. The quantitative estimate of drug-likeness (QED) is 0.473. The molecule has 0 unspecified atom stereocenters. The smallest absolute Gasteiger partial charge is 0.303 e. The molecule has 0 aromatic rings. The summed E-state index contributed by atoms with van der Waals surface area (Å²) in [4.78, 5) is 20.3. The van der Waals surface area contributed by atoms with Gasteiger partial charge < -0.3 is 10.2 Å². The van der Waals surface area contributed by atoms with E-state index in [0.717, 1.165) is 11.5 Å². The minimum Gasteiger partial charge on any atom is -0.481 e. The molecule has 14 heavy (non-hydrogen) atoms. The van der Waals surface area contributed by atoms with Crippen LogP contribution in [0.3, 0.4) is 0 Å². The highest BCUT2D eigenvalue weighted by Gasteiger charge is 1.98. The summed E-state index contributed by atoms with van der Waals surface area (Å²) in [5.74, 6) is 0.0941. The first kappa shape index (κ1) is 13.6. The van der Waals surface area contributed by atoms with Crippen molar-refractivity contribution >= 4 is 33.5 Å². The summed E-state index contributed by atoms with van der Waals surface area (Å²) in [6.45, 7) is 0. The van der Waals surface area contributed by atoms with Crippen LogP contribution in [0.2, 0.25) is 0 Å². The van der Waals surface area contributed by atoms with Crippen molar-refractivity contribution in [3.05, 3.63) is 0 Å². The van der Waals surface area contributed by atoms with Gasteiger partial charge in [0.25, 0.3) is 0 Å². The lowest BCUT2D eigenvalue weighted by Gasteiger charge is -1.98. The molecule has 0 saturated carbocycles. The van der Waals surface area contributed by atoms with Crippen LogP contribution in [0.4, 0.5) is 0 Å². The van der Waals surface area contributed by atoms with E-state index in [1.165, 1.54) is 0 Å². The van der Waals surface area contributed by atoms with E-state index in [1.807, 2.05) is 0 Å². The van der Waals surface area contributed by atoms with E-state index in [1.54, 1.807) is 21.6 Å². The average Bonchev–Trinajstić information content (AvgIpc) is 2.08. The second-order valence-corrected chi connectivity index (χ2v) is 5.34. The molecule has 0 atom stereocenters. The Morgan fingerprint density at radius 2 is 1.21 bits per heavy atom. The number of aliphatic carboxylic acids is 2. The van der Waals surface area contributed by atoms with Crippen molar-refractivity contribution < 1.29 is 19.8 Å². The Morgan fingerprint density at radius 3 is 1.50 bits per heavy atom. The molecule has 0 aliphatic rings. The van der Waals surface area contributed by atoms with Gasteiger partial charge in [-0.1, -0.05) is 21.6 Å². The van der Waals surface area contributed by atoms with Crippen LogP contribution in [0.15, 0.2) is 0 Å². The van der Waals surface area contributed by atoms with Gasteiger partial charge in [-0.3, -0.25) is 9.59 Å². The lowest BCUT2D eigenvalue weighted by atomic mass is 10.3. The number of carboxylic acid groups (broad SMARTS) is 2. The molecule has 0 spiro atoms. The lowest BCUT2D eigenvalue weighted by Crippen LogP contribution is -1.95. The second kappa shape index (κ2) is 9.21. The zero-order valence-electron chi connectivity index (χ0n) is 7.77. The molecule has 2 N–H and O–H groups in total. The molecule has 0 radical (unpaired) electrons. The highest BCUT2D eigenvalue weighted by molar-refractivity contribution is 8.76. The van der Waals surface area contributed by atoms with Crippen molar-refractivity contribution in [3.8, 4) is 0 Å². The molecule has 6 heteroatoms. The van der Waals surface area contributed by atoms with Gasteiger partial charge in [0, 0.05) is 24.3 Å². The fourth-order valence-corrected chi connectivity index (χ4v) is 2.86. The molecule has 0 bridgehead atoms. The highest BCUT2D eigenvalue weighted by atomic mass is 33.1. The summed E-state index contributed by atoms with van der Waals surface area (Å²) in [6, 6.07) is 0. The minimum atomic E-state index is -0.763. The van der Waals surface area contributed by atoms with Crippen LogP contribution < -0.4 is 0 Å². The zero-order valence-corrected chi connectivity index (χ0v) is 9.40. The van der Waals surface area contributed by atoms with E-state index >= 15 is 0 Å². The number of carbonyl (C=O) groups is 2. The standard InChI is InChI=1S/C8H14O4S2/c9-7(10)3-1-5-13-14-6-2-4-8(11)12/h1-6H2,(H,9,10)(H,11,12). The Labute approximate surface area is 90.9 Å². The van der Waals surface area contributed by atoms with Crippen LogP contribution in [-0.2, 0) is 9.59 Å². The predicted molar refractivity (Wildman–Crippen MR) is 58.7 cm³/mol. The first-order valence-corrected chi connectivity index (χ1v) is 6.79. The van der Waals surface area contributed by atoms with Crippen LogP contribution in [0.25, 0.3) is 0 Å². The number of hydrogen-bond acceptors (Lipinski definition) is 4. The Morgan fingerprint density at radius 1 is 0.857 bits per heavy atom. The Hall–Kier alpha value is -0.360. The van der Waals surface area contributed by atoms with E-state index in [2.05, 4.69) is 0 Å². The van der Waals surface area contributed by atoms with E-state index in [0.29, 0.717) is 12.8 Å². The third-order valence-corrected chi connectivity index (χ3v) is 3.90. The summed E-state index contributed by atoms with van der Waals surface area (Å²) >= 11 is 0. The van der Waals surface area contributed by atoms with Gasteiger partial charge in [0.1, 0.15) is 0 Å². The summed E-state index contributed by atoms with van der Waals surface area (Å²) < 4.78 is 0. The number of hydrogen-bond donors (Lipinski definition) is 2. The zero-order chi connectivity index (χ0) is 10.8. The molecule has 0 aromatic carbocycles. The van der Waals surface area contributed by atoms with Gasteiger partial charge in [-0.2, -0.15) is 0 Å². The lowest BCUT2D eigenvalue weighted by molar-refractivity contribution is -0.138. The van der Waals surface area contributed by atoms with Gasteiger partial charge in [0.2, 0.25) is 0 Å². The molecule has 4 nitrogen and oxygen atoms in total. The van der Waals surface area contributed by atoms with Crippen molar-refractivity contribution in [3.63, 3.8) is 0 Å². The van der Waals surface area contributed by atoms with Crippen LogP contribution in [0.5, 0.6) is 0 Å². The molecule has 0 fully saturated rings. The van der Waals surface area contributed by atoms with Gasteiger partial charge in [0.15, 0.2) is 0 Å². The van der Waals surface area contributed by atoms with E-state index < -0.39 is 11.9 Å². The first-order valence-electron chi connectivity index (χ1n) is 4.31. The van der Waals surface area contributed by atoms with Gasteiger partial charge >= 0.3 is 11.9 Å². The fourth-order valence-electron chi connectivity index (χ4n) is 0.682. The van der Waals surface area contributed by atoms with Gasteiger partial charge in [-0.05, 0) is 12.8 Å². The van der Waals surface area contributed by atoms with Crippen LogP contribution in [-0.4, -0.2) is 33.7 Å². The van der Waals surface area contributed by atoms with Crippen molar-refractivity contribution in [2.24, 2.45) is 0 Å². The van der Waals surface area contributed by atoms with Gasteiger partial charge in [0.05, 0.1) is 0 Å². The molecule has 0 aliphatic carbocycles. The maximum Gasteiger partial charge on any atom is 0.303 e.